The van der Waals surface area contributed by atoms with E-state index in [4.69, 9.17) is 17.3 Å². The van der Waals surface area contributed by atoms with Gasteiger partial charge < -0.3 is 10.6 Å². The highest BCUT2D eigenvalue weighted by Gasteiger charge is 2.34. The summed E-state index contributed by atoms with van der Waals surface area (Å²) in [5.41, 5.74) is 6.74. The lowest BCUT2D eigenvalue weighted by atomic mass is 10.0. The molecule has 2 N–H and O–H groups in total. The van der Waals surface area contributed by atoms with E-state index in [1.165, 1.54) is 31.7 Å². The molecular weight excluding hydrogens is 289 g/mol. The molecule has 5 heteroatoms. The normalized spacial score (nSPS) is 24.0. The van der Waals surface area contributed by atoms with E-state index in [-0.39, 0.29) is 11.9 Å². The van der Waals surface area contributed by atoms with Gasteiger partial charge in [-0.25, -0.2) is 4.39 Å². The Morgan fingerprint density at radius 3 is 2.57 bits per heavy atom. The molecule has 0 radical (unpaired) electrons. The minimum Gasteiger partial charge on any atom is -0.370 e. The van der Waals surface area contributed by atoms with Gasteiger partial charge >= 0.3 is 0 Å². The van der Waals surface area contributed by atoms with E-state index in [9.17, 15) is 4.39 Å². The second-order valence-electron chi connectivity index (χ2n) is 5.93. The first-order chi connectivity index (χ1) is 10.2. The van der Waals surface area contributed by atoms with Gasteiger partial charge in [0.25, 0.3) is 0 Å². The summed E-state index contributed by atoms with van der Waals surface area (Å²) in [4.78, 5) is 6.50. The van der Waals surface area contributed by atoms with Gasteiger partial charge in [-0.15, -0.1) is 0 Å². The maximum atomic E-state index is 14.2. The quantitative estimate of drug-likeness (QED) is 0.843. The molecule has 2 aliphatic rings. The molecule has 1 saturated carbocycles. The minimum absolute atomic E-state index is 0.0923. The van der Waals surface area contributed by atoms with Crippen LogP contribution in [0.3, 0.4) is 0 Å². The van der Waals surface area contributed by atoms with Crippen molar-refractivity contribution in [3.63, 3.8) is 0 Å². The minimum atomic E-state index is -0.268. The van der Waals surface area contributed by atoms with Gasteiger partial charge in [0.2, 0.25) is 0 Å². The Balaban J connectivity index is 1.87. The van der Waals surface area contributed by atoms with E-state index >= 15 is 0 Å². The molecule has 1 fully saturated rings. The summed E-state index contributed by atoms with van der Waals surface area (Å²) in [5, 5.41) is 0.421. The van der Waals surface area contributed by atoms with E-state index < -0.39 is 0 Å². The van der Waals surface area contributed by atoms with Crippen molar-refractivity contribution in [2.75, 3.05) is 6.54 Å². The third-order valence-corrected chi connectivity index (χ3v) is 4.80. The van der Waals surface area contributed by atoms with E-state index in [1.807, 2.05) is 0 Å². The van der Waals surface area contributed by atoms with Crippen molar-refractivity contribution in [2.45, 2.75) is 50.6 Å². The number of halogens is 2. The van der Waals surface area contributed by atoms with E-state index in [0.717, 1.165) is 12.8 Å². The van der Waals surface area contributed by atoms with Crippen molar-refractivity contribution in [1.82, 2.24) is 4.90 Å². The van der Waals surface area contributed by atoms with Crippen LogP contribution in [-0.2, 0) is 0 Å². The number of aliphatic imine (C=N–C) groups is 1. The SMILES string of the molecule is NC1=NCC(c2ccc(Cl)cc2F)N1C1CCCCCC1. The molecule has 21 heavy (non-hydrogen) atoms. The smallest absolute Gasteiger partial charge is 0.192 e. The third kappa shape index (κ3) is 3.00. The molecular formula is C16H21ClFN3. The number of benzene rings is 1. The van der Waals surface area contributed by atoms with Crippen LogP contribution < -0.4 is 5.73 Å². The molecule has 1 aromatic rings. The fourth-order valence-electron chi connectivity index (χ4n) is 3.51. The average molecular weight is 310 g/mol. The molecule has 0 aromatic heterocycles. The van der Waals surface area contributed by atoms with E-state index in [0.29, 0.717) is 29.1 Å². The lowest BCUT2D eigenvalue weighted by Crippen LogP contribution is -2.43. The van der Waals surface area contributed by atoms with Gasteiger partial charge in [0.15, 0.2) is 5.96 Å². The van der Waals surface area contributed by atoms with Gasteiger partial charge in [-0.2, -0.15) is 0 Å². The summed E-state index contributed by atoms with van der Waals surface area (Å²) in [6, 6.07) is 5.15. The molecule has 3 nitrogen and oxygen atoms in total. The van der Waals surface area contributed by atoms with Crippen LogP contribution in [0.15, 0.2) is 23.2 Å². The van der Waals surface area contributed by atoms with Crippen LogP contribution in [0.2, 0.25) is 5.02 Å². The van der Waals surface area contributed by atoms with Crippen LogP contribution >= 0.6 is 11.6 Å². The zero-order valence-electron chi connectivity index (χ0n) is 12.1. The predicted octanol–water partition coefficient (Wildman–Crippen LogP) is 3.87. The van der Waals surface area contributed by atoms with Crippen LogP contribution in [0.4, 0.5) is 4.39 Å². The predicted molar refractivity (Wildman–Crippen MR) is 84.0 cm³/mol. The van der Waals surface area contributed by atoms with Crippen molar-refractivity contribution < 1.29 is 4.39 Å². The average Bonchev–Trinajstić information content (AvgIpc) is 2.67. The topological polar surface area (TPSA) is 41.6 Å². The number of hydrogen-bond acceptors (Lipinski definition) is 3. The van der Waals surface area contributed by atoms with Crippen molar-refractivity contribution in [3.8, 4) is 0 Å². The molecule has 1 aromatic carbocycles. The highest BCUT2D eigenvalue weighted by Crippen LogP contribution is 2.34. The third-order valence-electron chi connectivity index (χ3n) is 4.57. The van der Waals surface area contributed by atoms with Gasteiger partial charge in [0.05, 0.1) is 12.6 Å². The molecule has 114 valence electrons. The zero-order chi connectivity index (χ0) is 14.8. The fourth-order valence-corrected chi connectivity index (χ4v) is 3.67. The van der Waals surface area contributed by atoms with Crippen LogP contribution in [-0.4, -0.2) is 23.4 Å². The zero-order valence-corrected chi connectivity index (χ0v) is 12.8. The Morgan fingerprint density at radius 2 is 1.90 bits per heavy atom. The van der Waals surface area contributed by atoms with E-state index in [2.05, 4.69) is 9.89 Å². The molecule has 1 unspecified atom stereocenters. The van der Waals surface area contributed by atoms with Gasteiger partial charge in [0, 0.05) is 16.6 Å². The summed E-state index contributed by atoms with van der Waals surface area (Å²) >= 11 is 5.85. The molecule has 3 rings (SSSR count). The first-order valence-corrected chi connectivity index (χ1v) is 8.08. The van der Waals surface area contributed by atoms with Crippen molar-refractivity contribution in [2.24, 2.45) is 10.7 Å². The number of guanidine groups is 1. The standard InChI is InChI=1S/C16H21ClFN3/c17-11-7-8-13(14(18)9-11)15-10-20-16(19)21(15)12-5-3-1-2-4-6-12/h7-9,12,15H,1-6,10H2,(H2,19,20). The van der Waals surface area contributed by atoms with Crippen molar-refractivity contribution >= 4 is 17.6 Å². The summed E-state index contributed by atoms with van der Waals surface area (Å²) in [6.07, 6.45) is 7.21. The Morgan fingerprint density at radius 1 is 1.19 bits per heavy atom. The summed E-state index contributed by atoms with van der Waals surface area (Å²) in [6.45, 7) is 0.529. The van der Waals surface area contributed by atoms with Gasteiger partial charge in [-0.05, 0) is 25.0 Å². The van der Waals surface area contributed by atoms with Crippen LogP contribution in [0.25, 0.3) is 0 Å². The summed E-state index contributed by atoms with van der Waals surface area (Å²) < 4.78 is 14.2. The Labute approximate surface area is 130 Å². The van der Waals surface area contributed by atoms with Gasteiger partial charge in [0.1, 0.15) is 5.82 Å². The molecule has 1 aliphatic carbocycles. The first-order valence-electron chi connectivity index (χ1n) is 7.70. The van der Waals surface area contributed by atoms with Crippen molar-refractivity contribution in [1.29, 1.82) is 0 Å². The Kier molecular flexibility index (Phi) is 4.34. The van der Waals surface area contributed by atoms with E-state index in [1.54, 1.807) is 12.1 Å². The lowest BCUT2D eigenvalue weighted by molar-refractivity contribution is 0.233. The Hall–Kier alpha value is -1.29. The molecule has 1 atom stereocenters. The molecule has 0 bridgehead atoms. The number of nitrogens with zero attached hydrogens (tertiary/aromatic N) is 2. The van der Waals surface area contributed by atoms with Crippen LogP contribution in [0.1, 0.15) is 50.1 Å². The van der Waals surface area contributed by atoms with Gasteiger partial charge in [-0.3, -0.25) is 4.99 Å². The molecule has 0 saturated heterocycles. The Bertz CT molecular complexity index is 538. The first kappa shape index (κ1) is 14.6. The highest BCUT2D eigenvalue weighted by molar-refractivity contribution is 6.30. The lowest BCUT2D eigenvalue weighted by Gasteiger charge is -2.34. The van der Waals surface area contributed by atoms with Crippen molar-refractivity contribution in [3.05, 3.63) is 34.6 Å². The number of nitrogens with two attached hydrogens (primary N) is 1. The summed E-state index contributed by atoms with van der Waals surface area (Å²) in [5.74, 6) is 0.289. The largest absolute Gasteiger partial charge is 0.370 e. The maximum absolute atomic E-state index is 14.2. The molecule has 1 heterocycles. The maximum Gasteiger partial charge on any atom is 0.192 e. The summed E-state index contributed by atoms with van der Waals surface area (Å²) in [7, 11) is 0. The van der Waals surface area contributed by atoms with Crippen LogP contribution in [0.5, 0.6) is 0 Å². The second kappa shape index (κ2) is 6.22. The van der Waals surface area contributed by atoms with Crippen LogP contribution in [0, 0.1) is 5.82 Å². The highest BCUT2D eigenvalue weighted by atomic mass is 35.5. The number of hydrogen-bond donors (Lipinski definition) is 1. The second-order valence-corrected chi connectivity index (χ2v) is 6.37. The number of rotatable bonds is 2. The van der Waals surface area contributed by atoms with Gasteiger partial charge in [-0.1, -0.05) is 43.4 Å². The molecule has 0 spiro atoms. The molecule has 1 aliphatic heterocycles. The monoisotopic (exact) mass is 309 g/mol. The fraction of sp³-hybridized carbons (Fsp3) is 0.562. The molecule has 0 amide bonds.